The van der Waals surface area contributed by atoms with E-state index >= 15 is 0 Å². The summed E-state index contributed by atoms with van der Waals surface area (Å²) in [6, 6.07) is 11.5. The van der Waals surface area contributed by atoms with Crippen molar-refractivity contribution in [1.82, 2.24) is 15.0 Å². The van der Waals surface area contributed by atoms with Gasteiger partial charge in [-0.3, -0.25) is 0 Å². The number of fused-ring (bicyclic) bond motifs is 3. The Morgan fingerprint density at radius 2 is 2.19 bits per heavy atom. The van der Waals surface area contributed by atoms with Gasteiger partial charge >= 0.3 is 0 Å². The Kier molecular flexibility index (Phi) is 4.79. The third kappa shape index (κ3) is 3.60. The zero-order valence-electron chi connectivity index (χ0n) is 17.6. The Morgan fingerprint density at radius 1 is 1.22 bits per heavy atom. The fourth-order valence-corrected chi connectivity index (χ4v) is 4.71. The van der Waals surface area contributed by atoms with E-state index in [1.165, 1.54) is 0 Å². The Bertz CT molecular complexity index is 1240. The Labute approximate surface area is 184 Å². The Hall–Kier alpha value is -3.39. The van der Waals surface area contributed by atoms with E-state index in [1.807, 2.05) is 30.3 Å². The third-order valence-electron chi connectivity index (χ3n) is 6.33. The van der Waals surface area contributed by atoms with Crippen molar-refractivity contribution in [2.75, 3.05) is 23.4 Å². The Balaban J connectivity index is 1.15. The number of halogens is 1. The number of aryl methyl sites for hydroxylation is 2. The number of anilines is 2. The van der Waals surface area contributed by atoms with Crippen LogP contribution in [0, 0.1) is 5.82 Å². The molecular formula is C24H24FN5O2. The summed E-state index contributed by atoms with van der Waals surface area (Å²) in [4.78, 5) is 14.5. The summed E-state index contributed by atoms with van der Waals surface area (Å²) in [5, 5.41) is 3.40. The summed E-state index contributed by atoms with van der Waals surface area (Å²) in [6.07, 6.45) is 6.15. The molecule has 0 amide bonds. The minimum Gasteiger partial charge on any atom is -0.469 e. The zero-order chi connectivity index (χ0) is 21.5. The van der Waals surface area contributed by atoms with Gasteiger partial charge in [-0.25, -0.2) is 14.4 Å². The van der Waals surface area contributed by atoms with E-state index in [1.54, 1.807) is 18.5 Å². The van der Waals surface area contributed by atoms with Crippen LogP contribution in [-0.2, 0) is 24.1 Å². The molecule has 1 aromatic carbocycles. The van der Waals surface area contributed by atoms with Crippen molar-refractivity contribution >= 4 is 22.5 Å². The maximum atomic E-state index is 14.9. The molecule has 5 heterocycles. The molecule has 2 saturated heterocycles. The van der Waals surface area contributed by atoms with Crippen LogP contribution in [-0.4, -0.2) is 40.2 Å². The number of aromatic nitrogens is 3. The van der Waals surface area contributed by atoms with Crippen LogP contribution in [0.2, 0.25) is 0 Å². The number of aromatic amines is 1. The van der Waals surface area contributed by atoms with E-state index in [2.05, 4.69) is 25.2 Å². The molecule has 0 spiro atoms. The first-order valence-corrected chi connectivity index (χ1v) is 11.0. The minimum atomic E-state index is -0.182. The molecule has 2 fully saturated rings. The molecule has 0 unspecified atom stereocenters. The summed E-state index contributed by atoms with van der Waals surface area (Å²) in [5.41, 5.74) is 3.97. The normalized spacial score (nSPS) is 19.8. The molecule has 6 rings (SSSR count). The van der Waals surface area contributed by atoms with Gasteiger partial charge in [0, 0.05) is 32.1 Å². The lowest BCUT2D eigenvalue weighted by atomic mass is 10.1. The van der Waals surface area contributed by atoms with Gasteiger partial charge in [-0.2, -0.15) is 0 Å². The number of furan rings is 1. The number of ether oxygens (including phenoxy) is 1. The summed E-state index contributed by atoms with van der Waals surface area (Å²) >= 11 is 0. The average molecular weight is 433 g/mol. The second-order valence-corrected chi connectivity index (χ2v) is 8.46. The SMILES string of the molecule is Fc1cc(CNc2ccnc3nc(CCc4ccco4)[nH]c23)ccc1N1C[C@@H]2C[C@H]1CO2. The van der Waals surface area contributed by atoms with Crippen LogP contribution in [0.4, 0.5) is 15.8 Å². The lowest BCUT2D eigenvalue weighted by Gasteiger charge is -2.29. The van der Waals surface area contributed by atoms with Crippen molar-refractivity contribution in [3.05, 3.63) is 71.8 Å². The summed E-state index contributed by atoms with van der Waals surface area (Å²) in [5.74, 6) is 1.60. The smallest absolute Gasteiger partial charge is 0.179 e. The van der Waals surface area contributed by atoms with Gasteiger partial charge in [0.2, 0.25) is 0 Å². The molecule has 2 atom stereocenters. The molecule has 8 heteroatoms. The van der Waals surface area contributed by atoms with Crippen LogP contribution in [0.5, 0.6) is 0 Å². The first-order valence-electron chi connectivity index (χ1n) is 11.0. The summed E-state index contributed by atoms with van der Waals surface area (Å²) < 4.78 is 25.9. The predicted molar refractivity (Wildman–Crippen MR) is 119 cm³/mol. The second-order valence-electron chi connectivity index (χ2n) is 8.46. The number of imidazole rings is 1. The highest BCUT2D eigenvalue weighted by Gasteiger charge is 2.39. The van der Waals surface area contributed by atoms with Crippen LogP contribution < -0.4 is 10.2 Å². The average Bonchev–Trinajstić information content (AvgIpc) is 3.60. The number of benzene rings is 1. The van der Waals surface area contributed by atoms with E-state index in [4.69, 9.17) is 9.15 Å². The number of pyridine rings is 1. The van der Waals surface area contributed by atoms with Crippen LogP contribution in [0.25, 0.3) is 11.2 Å². The zero-order valence-corrected chi connectivity index (χ0v) is 17.6. The van der Waals surface area contributed by atoms with Gasteiger partial charge in [-0.05, 0) is 42.3 Å². The number of H-pyrrole nitrogens is 1. The van der Waals surface area contributed by atoms with Gasteiger partial charge in [-0.1, -0.05) is 6.07 Å². The van der Waals surface area contributed by atoms with Gasteiger partial charge in [0.25, 0.3) is 0 Å². The highest BCUT2D eigenvalue weighted by molar-refractivity contribution is 5.85. The first kappa shape index (κ1) is 19.3. The minimum absolute atomic E-state index is 0.182. The van der Waals surface area contributed by atoms with Gasteiger partial charge < -0.3 is 24.4 Å². The van der Waals surface area contributed by atoms with E-state index in [9.17, 15) is 4.39 Å². The van der Waals surface area contributed by atoms with Crippen LogP contribution in [0.15, 0.2) is 53.3 Å². The molecule has 3 aromatic heterocycles. The molecule has 2 bridgehead atoms. The maximum Gasteiger partial charge on any atom is 0.179 e. The van der Waals surface area contributed by atoms with E-state index in [0.29, 0.717) is 30.5 Å². The van der Waals surface area contributed by atoms with Gasteiger partial charge in [0.05, 0.1) is 36.4 Å². The Morgan fingerprint density at radius 3 is 2.97 bits per heavy atom. The summed E-state index contributed by atoms with van der Waals surface area (Å²) in [6.45, 7) is 1.97. The van der Waals surface area contributed by atoms with Gasteiger partial charge in [0.15, 0.2) is 5.65 Å². The molecule has 0 aliphatic carbocycles. The first-order chi connectivity index (χ1) is 15.7. The molecule has 164 valence electrons. The fourth-order valence-electron chi connectivity index (χ4n) is 4.71. The number of nitrogens with zero attached hydrogens (tertiary/aromatic N) is 3. The molecule has 0 radical (unpaired) electrons. The number of morpholine rings is 1. The van der Waals surface area contributed by atoms with Crippen molar-refractivity contribution in [3.63, 3.8) is 0 Å². The van der Waals surface area contributed by atoms with Crippen molar-refractivity contribution < 1.29 is 13.5 Å². The maximum absolute atomic E-state index is 14.9. The number of hydrogen-bond acceptors (Lipinski definition) is 6. The van der Waals surface area contributed by atoms with Crippen molar-refractivity contribution in [2.24, 2.45) is 0 Å². The molecule has 2 N–H and O–H groups in total. The summed E-state index contributed by atoms with van der Waals surface area (Å²) in [7, 11) is 0. The van der Waals surface area contributed by atoms with Crippen molar-refractivity contribution in [1.29, 1.82) is 0 Å². The van der Waals surface area contributed by atoms with Gasteiger partial charge in [0.1, 0.15) is 22.9 Å². The van der Waals surface area contributed by atoms with Crippen molar-refractivity contribution in [2.45, 2.75) is 38.0 Å². The van der Waals surface area contributed by atoms with Crippen LogP contribution >= 0.6 is 0 Å². The predicted octanol–water partition coefficient (Wildman–Crippen LogP) is 4.06. The monoisotopic (exact) mass is 433 g/mol. The largest absolute Gasteiger partial charge is 0.469 e. The standard InChI is InChI=1S/C24H24FN5O2/c25-19-10-15(3-5-21(19)30-13-18-11-16(30)14-32-18)12-27-20-7-8-26-24-23(20)28-22(29-24)6-4-17-2-1-9-31-17/h1-3,5,7-10,16,18H,4,6,11-14H2,(H2,26,27,28,29)/t16-,18-/m0/s1. The molecule has 0 saturated carbocycles. The fraction of sp³-hybridized carbons (Fsp3) is 0.333. The van der Waals surface area contributed by atoms with Gasteiger partial charge in [-0.15, -0.1) is 0 Å². The number of hydrogen-bond donors (Lipinski definition) is 2. The molecule has 32 heavy (non-hydrogen) atoms. The van der Waals surface area contributed by atoms with Crippen molar-refractivity contribution in [3.8, 4) is 0 Å². The second kappa shape index (κ2) is 7.94. The molecule has 2 aliphatic rings. The van der Waals surface area contributed by atoms with E-state index < -0.39 is 0 Å². The van der Waals surface area contributed by atoms with Crippen LogP contribution in [0.3, 0.4) is 0 Å². The highest BCUT2D eigenvalue weighted by atomic mass is 19.1. The highest BCUT2D eigenvalue weighted by Crippen LogP contribution is 2.34. The number of nitrogens with one attached hydrogen (secondary N) is 2. The molecule has 4 aromatic rings. The molecular weight excluding hydrogens is 409 g/mol. The topological polar surface area (TPSA) is 79.2 Å². The lowest BCUT2D eigenvalue weighted by molar-refractivity contribution is 0.0989. The van der Waals surface area contributed by atoms with Crippen LogP contribution in [0.1, 0.15) is 23.6 Å². The number of rotatable bonds is 7. The van der Waals surface area contributed by atoms with E-state index in [0.717, 1.165) is 54.2 Å². The molecule has 7 nitrogen and oxygen atoms in total. The van der Waals surface area contributed by atoms with E-state index in [-0.39, 0.29) is 11.9 Å². The quantitative estimate of drug-likeness (QED) is 0.458. The lowest BCUT2D eigenvalue weighted by Crippen LogP contribution is -2.37. The third-order valence-corrected chi connectivity index (χ3v) is 6.33. The molecule has 2 aliphatic heterocycles.